The van der Waals surface area contributed by atoms with Gasteiger partial charge in [-0.3, -0.25) is 4.98 Å². The van der Waals surface area contributed by atoms with E-state index in [9.17, 15) is 5.11 Å². The van der Waals surface area contributed by atoms with E-state index in [-0.39, 0.29) is 0 Å². The van der Waals surface area contributed by atoms with Crippen molar-refractivity contribution >= 4 is 0 Å². The SMILES string of the molecule is C[C@](O)(c1ccccc1)c1ccccn1. The number of hydrogen-bond donors (Lipinski definition) is 1. The lowest BCUT2D eigenvalue weighted by Crippen LogP contribution is -2.23. The predicted molar refractivity (Wildman–Crippen MR) is 59.4 cm³/mol. The Labute approximate surface area is 89.2 Å². The van der Waals surface area contributed by atoms with Gasteiger partial charge in [0.15, 0.2) is 0 Å². The van der Waals surface area contributed by atoms with Crippen molar-refractivity contribution in [2.24, 2.45) is 0 Å². The van der Waals surface area contributed by atoms with Crippen LogP contribution in [0.2, 0.25) is 0 Å². The van der Waals surface area contributed by atoms with E-state index in [1.807, 2.05) is 48.5 Å². The molecule has 0 bridgehead atoms. The van der Waals surface area contributed by atoms with Gasteiger partial charge in [0.1, 0.15) is 5.60 Å². The Balaban J connectivity index is 2.44. The highest BCUT2D eigenvalue weighted by atomic mass is 16.3. The third-order valence-electron chi connectivity index (χ3n) is 2.50. The molecule has 0 spiro atoms. The standard InChI is InChI=1S/C13H13NO/c1-13(15,11-7-3-2-4-8-11)12-9-5-6-10-14-12/h2-10,15H,1H3/t13-/m0/s1. The molecule has 1 aromatic carbocycles. The molecule has 2 nitrogen and oxygen atoms in total. The molecule has 1 atom stereocenters. The average Bonchev–Trinajstić information content (AvgIpc) is 2.31. The molecule has 2 heteroatoms. The van der Waals surface area contributed by atoms with Gasteiger partial charge in [-0.05, 0) is 24.6 Å². The summed E-state index contributed by atoms with van der Waals surface area (Å²) in [5.41, 5.74) is 0.489. The smallest absolute Gasteiger partial charge is 0.129 e. The molecule has 0 unspecified atom stereocenters. The van der Waals surface area contributed by atoms with Crippen LogP contribution in [0, 0.1) is 0 Å². The summed E-state index contributed by atoms with van der Waals surface area (Å²) in [5, 5.41) is 10.4. The van der Waals surface area contributed by atoms with Crippen molar-refractivity contribution < 1.29 is 5.11 Å². The number of pyridine rings is 1. The Morgan fingerprint density at radius 3 is 2.27 bits per heavy atom. The third-order valence-corrected chi connectivity index (χ3v) is 2.50. The van der Waals surface area contributed by atoms with Gasteiger partial charge < -0.3 is 5.11 Å². The number of rotatable bonds is 2. The average molecular weight is 199 g/mol. The highest BCUT2D eigenvalue weighted by Crippen LogP contribution is 2.26. The zero-order valence-corrected chi connectivity index (χ0v) is 8.59. The van der Waals surface area contributed by atoms with E-state index in [0.29, 0.717) is 5.69 Å². The van der Waals surface area contributed by atoms with E-state index in [1.54, 1.807) is 13.1 Å². The van der Waals surface area contributed by atoms with Gasteiger partial charge >= 0.3 is 0 Å². The Hall–Kier alpha value is -1.67. The Bertz CT molecular complexity index is 381. The maximum Gasteiger partial charge on any atom is 0.129 e. The molecule has 0 saturated carbocycles. The largest absolute Gasteiger partial charge is 0.379 e. The fourth-order valence-corrected chi connectivity index (χ4v) is 1.56. The van der Waals surface area contributed by atoms with Crippen LogP contribution < -0.4 is 0 Å². The van der Waals surface area contributed by atoms with Crippen molar-refractivity contribution in [1.82, 2.24) is 4.98 Å². The summed E-state index contributed by atoms with van der Waals surface area (Å²) >= 11 is 0. The normalized spacial score (nSPS) is 14.5. The van der Waals surface area contributed by atoms with Crippen LogP contribution in [0.25, 0.3) is 0 Å². The number of hydrogen-bond acceptors (Lipinski definition) is 2. The third kappa shape index (κ3) is 1.90. The second kappa shape index (κ2) is 3.83. The van der Waals surface area contributed by atoms with Crippen LogP contribution in [0.5, 0.6) is 0 Å². The zero-order chi connectivity index (χ0) is 10.7. The first kappa shape index (κ1) is 9.87. The van der Waals surface area contributed by atoms with Gasteiger partial charge in [-0.2, -0.15) is 0 Å². The van der Waals surface area contributed by atoms with Gasteiger partial charge in [0, 0.05) is 6.20 Å². The van der Waals surface area contributed by atoms with Crippen molar-refractivity contribution in [3.05, 3.63) is 66.0 Å². The first-order valence-electron chi connectivity index (χ1n) is 4.90. The van der Waals surface area contributed by atoms with Crippen molar-refractivity contribution in [3.8, 4) is 0 Å². The molecule has 76 valence electrons. The lowest BCUT2D eigenvalue weighted by Gasteiger charge is -2.22. The highest BCUT2D eigenvalue weighted by Gasteiger charge is 2.26. The molecule has 0 radical (unpaired) electrons. The van der Waals surface area contributed by atoms with E-state index < -0.39 is 5.60 Å². The summed E-state index contributed by atoms with van der Waals surface area (Å²) in [4.78, 5) is 4.18. The van der Waals surface area contributed by atoms with Crippen molar-refractivity contribution in [2.45, 2.75) is 12.5 Å². The Kier molecular flexibility index (Phi) is 2.52. The Morgan fingerprint density at radius 1 is 1.00 bits per heavy atom. The van der Waals surface area contributed by atoms with Crippen LogP contribution in [0.4, 0.5) is 0 Å². The van der Waals surface area contributed by atoms with Crippen LogP contribution in [0.1, 0.15) is 18.2 Å². The second-order valence-corrected chi connectivity index (χ2v) is 3.65. The van der Waals surface area contributed by atoms with E-state index in [1.165, 1.54) is 0 Å². The fourth-order valence-electron chi connectivity index (χ4n) is 1.56. The second-order valence-electron chi connectivity index (χ2n) is 3.65. The van der Waals surface area contributed by atoms with Gasteiger partial charge in [0.05, 0.1) is 5.69 Å². The Morgan fingerprint density at radius 2 is 1.67 bits per heavy atom. The lowest BCUT2D eigenvalue weighted by atomic mass is 9.92. The first-order chi connectivity index (χ1) is 7.21. The minimum Gasteiger partial charge on any atom is -0.379 e. The summed E-state index contributed by atoms with van der Waals surface area (Å²) < 4.78 is 0. The summed E-state index contributed by atoms with van der Waals surface area (Å²) in [6, 6.07) is 15.1. The summed E-state index contributed by atoms with van der Waals surface area (Å²) in [6.07, 6.45) is 1.69. The van der Waals surface area contributed by atoms with Gasteiger partial charge in [-0.1, -0.05) is 36.4 Å². The molecule has 15 heavy (non-hydrogen) atoms. The number of aromatic nitrogens is 1. The number of nitrogens with zero attached hydrogens (tertiary/aromatic N) is 1. The first-order valence-corrected chi connectivity index (χ1v) is 4.90. The molecule has 0 aliphatic heterocycles. The number of aliphatic hydroxyl groups is 1. The summed E-state index contributed by atoms with van der Waals surface area (Å²) in [6.45, 7) is 1.75. The number of benzene rings is 1. The van der Waals surface area contributed by atoms with Crippen LogP contribution >= 0.6 is 0 Å². The van der Waals surface area contributed by atoms with Crippen LogP contribution in [0.15, 0.2) is 54.7 Å². The van der Waals surface area contributed by atoms with Gasteiger partial charge in [-0.15, -0.1) is 0 Å². The molecule has 1 N–H and O–H groups in total. The minimum atomic E-state index is -1.03. The molecule has 2 rings (SSSR count). The van der Waals surface area contributed by atoms with Crippen LogP contribution in [-0.2, 0) is 5.60 Å². The van der Waals surface area contributed by atoms with Gasteiger partial charge in [0.2, 0.25) is 0 Å². The quantitative estimate of drug-likeness (QED) is 0.805. The van der Waals surface area contributed by atoms with Crippen LogP contribution in [0.3, 0.4) is 0 Å². The highest BCUT2D eigenvalue weighted by molar-refractivity contribution is 5.30. The lowest BCUT2D eigenvalue weighted by molar-refractivity contribution is 0.0974. The van der Waals surface area contributed by atoms with E-state index in [4.69, 9.17) is 0 Å². The summed E-state index contributed by atoms with van der Waals surface area (Å²) in [5.74, 6) is 0. The van der Waals surface area contributed by atoms with Crippen LogP contribution in [-0.4, -0.2) is 10.1 Å². The van der Waals surface area contributed by atoms with E-state index >= 15 is 0 Å². The fraction of sp³-hybridized carbons (Fsp3) is 0.154. The van der Waals surface area contributed by atoms with Gasteiger partial charge in [0.25, 0.3) is 0 Å². The molecule has 1 aromatic heterocycles. The van der Waals surface area contributed by atoms with E-state index in [0.717, 1.165) is 5.56 Å². The molecule has 0 fully saturated rings. The monoisotopic (exact) mass is 199 g/mol. The van der Waals surface area contributed by atoms with Gasteiger partial charge in [-0.25, -0.2) is 0 Å². The van der Waals surface area contributed by atoms with Crippen molar-refractivity contribution in [2.75, 3.05) is 0 Å². The molecule has 1 heterocycles. The molecule has 2 aromatic rings. The van der Waals surface area contributed by atoms with Crippen molar-refractivity contribution in [1.29, 1.82) is 0 Å². The molecule has 0 aliphatic rings. The predicted octanol–water partition coefficient (Wildman–Crippen LogP) is 2.34. The molecule has 0 aliphatic carbocycles. The maximum absolute atomic E-state index is 10.4. The molecule has 0 saturated heterocycles. The minimum absolute atomic E-state index is 0.663. The molecular weight excluding hydrogens is 186 g/mol. The van der Waals surface area contributed by atoms with Crippen molar-refractivity contribution in [3.63, 3.8) is 0 Å². The molecule has 0 amide bonds. The topological polar surface area (TPSA) is 33.1 Å². The van der Waals surface area contributed by atoms with E-state index in [2.05, 4.69) is 4.98 Å². The maximum atomic E-state index is 10.4. The zero-order valence-electron chi connectivity index (χ0n) is 8.59. The summed E-state index contributed by atoms with van der Waals surface area (Å²) in [7, 11) is 0. The molecular formula is C13H13NO.